The van der Waals surface area contributed by atoms with E-state index in [0.29, 0.717) is 24.9 Å². The van der Waals surface area contributed by atoms with Gasteiger partial charge in [0.2, 0.25) is 0 Å². The van der Waals surface area contributed by atoms with Crippen LogP contribution in [-0.2, 0) is 24.3 Å². The van der Waals surface area contributed by atoms with Crippen molar-refractivity contribution in [3.05, 3.63) is 46.8 Å². The van der Waals surface area contributed by atoms with Crippen LogP contribution >= 0.6 is 12.4 Å². The summed E-state index contributed by atoms with van der Waals surface area (Å²) in [6.07, 6.45) is 7.44. The summed E-state index contributed by atoms with van der Waals surface area (Å²) in [6, 6.07) is 7.88. The van der Waals surface area contributed by atoms with Gasteiger partial charge in [-0.15, -0.1) is 12.4 Å². The Kier molecular flexibility index (Phi) is 6.88. The molecule has 2 aliphatic rings. The topological polar surface area (TPSA) is 79.0 Å². The van der Waals surface area contributed by atoms with Crippen LogP contribution in [0.4, 0.5) is 5.69 Å². The van der Waals surface area contributed by atoms with E-state index in [2.05, 4.69) is 20.8 Å². The molecule has 6 nitrogen and oxygen atoms in total. The first-order chi connectivity index (χ1) is 12.8. The van der Waals surface area contributed by atoms with Crippen molar-refractivity contribution in [2.45, 2.75) is 57.8 Å². The molecule has 0 radical (unpaired) electrons. The van der Waals surface area contributed by atoms with Gasteiger partial charge >= 0.3 is 0 Å². The van der Waals surface area contributed by atoms with E-state index in [4.69, 9.17) is 4.74 Å². The quantitative estimate of drug-likeness (QED) is 0.729. The number of fused-ring (bicyclic) bond motifs is 1. The summed E-state index contributed by atoms with van der Waals surface area (Å²) in [5.41, 5.74) is 4.38. The highest BCUT2D eigenvalue weighted by molar-refractivity contribution is 6.04. The Labute approximate surface area is 165 Å². The van der Waals surface area contributed by atoms with Crippen molar-refractivity contribution in [1.29, 1.82) is 0 Å². The first-order valence-electron chi connectivity index (χ1n) is 9.58. The summed E-state index contributed by atoms with van der Waals surface area (Å²) in [7, 11) is 0. The van der Waals surface area contributed by atoms with Crippen molar-refractivity contribution in [2.75, 3.05) is 11.9 Å². The van der Waals surface area contributed by atoms with Crippen LogP contribution in [0.2, 0.25) is 0 Å². The van der Waals surface area contributed by atoms with Gasteiger partial charge < -0.3 is 15.4 Å². The van der Waals surface area contributed by atoms with Crippen LogP contribution in [0.15, 0.2) is 24.3 Å². The van der Waals surface area contributed by atoms with Gasteiger partial charge in [-0.05, 0) is 30.5 Å². The highest BCUT2D eigenvalue weighted by atomic mass is 35.5. The first-order valence-corrected chi connectivity index (χ1v) is 9.58. The molecule has 2 heterocycles. The minimum atomic E-state index is -0.170. The number of rotatable bonds is 5. The number of H-pyrrole nitrogens is 1. The Balaban J connectivity index is 0.00000210. The molecule has 27 heavy (non-hydrogen) atoms. The molecule has 0 bridgehead atoms. The van der Waals surface area contributed by atoms with E-state index in [1.54, 1.807) is 0 Å². The van der Waals surface area contributed by atoms with E-state index < -0.39 is 0 Å². The minimum absolute atomic E-state index is 0. The predicted octanol–water partition coefficient (Wildman–Crippen LogP) is 3.58. The van der Waals surface area contributed by atoms with Crippen LogP contribution in [0.25, 0.3) is 0 Å². The molecule has 1 aliphatic heterocycles. The summed E-state index contributed by atoms with van der Waals surface area (Å²) >= 11 is 0. The van der Waals surface area contributed by atoms with E-state index in [1.165, 1.54) is 19.3 Å². The second kappa shape index (κ2) is 9.35. The standard InChI is InChI=1S/C20H26N4O2.ClH/c25-20(19-17-12-21-10-9-18(17)23-24-19)22-15-6-4-5-14(11-15)13-26-16-7-2-1-3-8-16;/h4-6,11,16,21H,1-3,7-10,12-13H2,(H,22,25)(H,23,24);1H. The molecule has 3 N–H and O–H groups in total. The lowest BCUT2D eigenvalue weighted by Gasteiger charge is -2.22. The third-order valence-electron chi connectivity index (χ3n) is 5.24. The fraction of sp³-hybridized carbons (Fsp3) is 0.500. The van der Waals surface area contributed by atoms with E-state index in [1.807, 2.05) is 24.3 Å². The number of amides is 1. The molecule has 0 spiro atoms. The van der Waals surface area contributed by atoms with Crippen LogP contribution in [0, 0.1) is 0 Å². The van der Waals surface area contributed by atoms with Gasteiger partial charge in [-0.3, -0.25) is 9.89 Å². The lowest BCUT2D eigenvalue weighted by molar-refractivity contribution is 0.0169. The normalized spacial score (nSPS) is 17.0. The molecular weight excluding hydrogens is 364 g/mol. The fourth-order valence-corrected chi connectivity index (χ4v) is 3.79. The summed E-state index contributed by atoms with van der Waals surface area (Å²) in [5.74, 6) is -0.170. The fourth-order valence-electron chi connectivity index (χ4n) is 3.79. The molecule has 1 amide bonds. The lowest BCUT2D eigenvalue weighted by atomic mass is 9.98. The molecule has 4 rings (SSSR count). The van der Waals surface area contributed by atoms with Crippen LogP contribution in [0.3, 0.4) is 0 Å². The first kappa shape index (κ1) is 19.9. The van der Waals surface area contributed by atoms with Crippen molar-refractivity contribution < 1.29 is 9.53 Å². The molecule has 1 saturated carbocycles. The number of aromatic nitrogens is 2. The molecule has 146 valence electrons. The molecule has 1 aliphatic carbocycles. The van der Waals surface area contributed by atoms with Gasteiger partial charge in [0.05, 0.1) is 12.7 Å². The third-order valence-corrected chi connectivity index (χ3v) is 5.24. The van der Waals surface area contributed by atoms with Crippen molar-refractivity contribution in [2.24, 2.45) is 0 Å². The second-order valence-corrected chi connectivity index (χ2v) is 7.18. The molecule has 0 saturated heterocycles. The Hall–Kier alpha value is -1.89. The van der Waals surface area contributed by atoms with E-state index in [-0.39, 0.29) is 18.3 Å². The number of hydrogen-bond donors (Lipinski definition) is 3. The summed E-state index contributed by atoms with van der Waals surface area (Å²) in [6.45, 7) is 2.19. The second-order valence-electron chi connectivity index (χ2n) is 7.18. The van der Waals surface area contributed by atoms with Crippen LogP contribution in [0.5, 0.6) is 0 Å². The van der Waals surface area contributed by atoms with Crippen molar-refractivity contribution >= 4 is 24.0 Å². The lowest BCUT2D eigenvalue weighted by Crippen LogP contribution is -2.25. The van der Waals surface area contributed by atoms with Crippen LogP contribution < -0.4 is 10.6 Å². The summed E-state index contributed by atoms with van der Waals surface area (Å²) in [4.78, 5) is 12.6. The number of ether oxygens (including phenoxy) is 1. The molecule has 1 fully saturated rings. The average molecular weight is 391 g/mol. The molecule has 7 heteroatoms. The summed E-state index contributed by atoms with van der Waals surface area (Å²) < 4.78 is 6.04. The van der Waals surface area contributed by atoms with Gasteiger partial charge in [0, 0.05) is 36.5 Å². The zero-order chi connectivity index (χ0) is 17.8. The molecule has 0 atom stereocenters. The smallest absolute Gasteiger partial charge is 0.276 e. The zero-order valence-corrected chi connectivity index (χ0v) is 16.2. The Morgan fingerprint density at radius 2 is 2.11 bits per heavy atom. The molecular formula is C20H27ClN4O2. The largest absolute Gasteiger partial charge is 0.374 e. The number of nitrogens with zero attached hydrogens (tertiary/aromatic N) is 1. The monoisotopic (exact) mass is 390 g/mol. The predicted molar refractivity (Wildman–Crippen MR) is 107 cm³/mol. The molecule has 1 aromatic carbocycles. The maximum absolute atomic E-state index is 12.6. The molecule has 2 aromatic rings. The van der Waals surface area contributed by atoms with Gasteiger partial charge in [-0.2, -0.15) is 5.10 Å². The van der Waals surface area contributed by atoms with Gasteiger partial charge in [0.1, 0.15) is 0 Å². The zero-order valence-electron chi connectivity index (χ0n) is 15.4. The number of halogens is 1. The maximum atomic E-state index is 12.6. The number of carbonyl (C=O) groups excluding carboxylic acids is 1. The third kappa shape index (κ3) is 4.89. The summed E-state index contributed by atoms with van der Waals surface area (Å²) in [5, 5.41) is 13.5. The maximum Gasteiger partial charge on any atom is 0.276 e. The Morgan fingerprint density at radius 1 is 1.26 bits per heavy atom. The van der Waals surface area contributed by atoms with Crippen molar-refractivity contribution in [3.8, 4) is 0 Å². The SMILES string of the molecule is Cl.O=C(Nc1cccc(COC2CCCCC2)c1)c1n[nH]c2c1CNCC2. The van der Waals surface area contributed by atoms with Crippen LogP contribution in [0.1, 0.15) is 59.4 Å². The average Bonchev–Trinajstić information content (AvgIpc) is 3.12. The van der Waals surface area contributed by atoms with E-state index >= 15 is 0 Å². The Bertz CT molecular complexity index is 771. The number of carbonyl (C=O) groups is 1. The molecule has 1 aromatic heterocycles. The van der Waals surface area contributed by atoms with Gasteiger partial charge in [0.15, 0.2) is 5.69 Å². The van der Waals surface area contributed by atoms with Gasteiger partial charge in [0.25, 0.3) is 5.91 Å². The van der Waals surface area contributed by atoms with E-state index in [9.17, 15) is 4.79 Å². The Morgan fingerprint density at radius 3 is 2.96 bits per heavy atom. The highest BCUT2D eigenvalue weighted by Gasteiger charge is 2.21. The van der Waals surface area contributed by atoms with Crippen LogP contribution in [-0.4, -0.2) is 28.8 Å². The number of benzene rings is 1. The van der Waals surface area contributed by atoms with Gasteiger partial charge in [-0.1, -0.05) is 31.4 Å². The minimum Gasteiger partial charge on any atom is -0.374 e. The number of nitrogens with one attached hydrogen (secondary N) is 3. The van der Waals surface area contributed by atoms with Gasteiger partial charge in [-0.25, -0.2) is 0 Å². The van der Waals surface area contributed by atoms with Crippen molar-refractivity contribution in [3.63, 3.8) is 0 Å². The van der Waals surface area contributed by atoms with Crippen molar-refractivity contribution in [1.82, 2.24) is 15.5 Å². The highest BCUT2D eigenvalue weighted by Crippen LogP contribution is 2.22. The van der Waals surface area contributed by atoms with E-state index in [0.717, 1.165) is 48.3 Å². The number of aromatic amines is 1. The number of anilines is 1. The molecule has 0 unspecified atom stereocenters. The number of hydrogen-bond acceptors (Lipinski definition) is 4.